The van der Waals surface area contributed by atoms with Crippen LogP contribution in [0.1, 0.15) is 66.4 Å². The molecule has 9 heteroatoms. The summed E-state index contributed by atoms with van der Waals surface area (Å²) in [5.41, 5.74) is 2.21. The summed E-state index contributed by atoms with van der Waals surface area (Å²) in [5.74, 6) is 1.06. The van der Waals surface area contributed by atoms with Crippen LogP contribution in [0.5, 0.6) is 0 Å². The summed E-state index contributed by atoms with van der Waals surface area (Å²) in [6, 6.07) is 6.64. The predicted molar refractivity (Wildman–Crippen MR) is 116 cm³/mol. The van der Waals surface area contributed by atoms with Gasteiger partial charge in [0.05, 0.1) is 23.1 Å². The van der Waals surface area contributed by atoms with Gasteiger partial charge in [0.15, 0.2) is 4.77 Å². The third kappa shape index (κ3) is 3.71. The standard InChI is InChI=1S/C22H25FN6OS/c1-2-19-18(13-24-29(19)17-5-3-15(23)4-6-17)21(30)27-11-9-14(10-12-27)20-25-26-22(31)28(20)16-7-8-16/h3-6,13-14,16H,2,7-12H2,1H3,(H,26,31). The summed E-state index contributed by atoms with van der Waals surface area (Å²) in [7, 11) is 0. The van der Waals surface area contributed by atoms with E-state index in [0.717, 1.165) is 42.9 Å². The van der Waals surface area contributed by atoms with E-state index in [1.54, 1.807) is 23.0 Å². The Morgan fingerprint density at radius 3 is 2.55 bits per heavy atom. The minimum atomic E-state index is -0.295. The van der Waals surface area contributed by atoms with Gasteiger partial charge in [-0.2, -0.15) is 10.2 Å². The number of carbonyl (C=O) groups excluding carboxylic acids is 1. The first kappa shape index (κ1) is 20.1. The molecule has 2 aromatic heterocycles. The predicted octanol–water partition coefficient (Wildman–Crippen LogP) is 4.18. The Morgan fingerprint density at radius 2 is 1.90 bits per heavy atom. The number of halogens is 1. The summed E-state index contributed by atoms with van der Waals surface area (Å²) in [5, 5.41) is 11.9. The van der Waals surface area contributed by atoms with Crippen molar-refractivity contribution in [2.45, 2.75) is 51.0 Å². The van der Waals surface area contributed by atoms with Gasteiger partial charge in [0.1, 0.15) is 11.6 Å². The van der Waals surface area contributed by atoms with Crippen LogP contribution in [0.4, 0.5) is 4.39 Å². The maximum Gasteiger partial charge on any atom is 0.257 e. The highest BCUT2D eigenvalue weighted by Crippen LogP contribution is 2.39. The lowest BCUT2D eigenvalue weighted by atomic mass is 9.95. The molecule has 0 radical (unpaired) electrons. The van der Waals surface area contributed by atoms with E-state index in [-0.39, 0.29) is 11.7 Å². The third-order valence-electron chi connectivity index (χ3n) is 6.30. The third-order valence-corrected chi connectivity index (χ3v) is 6.58. The van der Waals surface area contributed by atoms with Gasteiger partial charge in [0.2, 0.25) is 0 Å². The number of hydrogen-bond donors (Lipinski definition) is 1. The molecule has 7 nitrogen and oxygen atoms in total. The minimum Gasteiger partial charge on any atom is -0.338 e. The highest BCUT2D eigenvalue weighted by molar-refractivity contribution is 7.71. The van der Waals surface area contributed by atoms with E-state index in [2.05, 4.69) is 19.9 Å². The molecule has 0 spiro atoms. The Balaban J connectivity index is 1.32. The maximum absolute atomic E-state index is 13.3. The normalized spacial score (nSPS) is 17.3. The molecule has 2 fully saturated rings. The van der Waals surface area contributed by atoms with E-state index in [0.29, 0.717) is 41.8 Å². The Labute approximate surface area is 184 Å². The zero-order chi connectivity index (χ0) is 21.5. The van der Waals surface area contributed by atoms with Crippen LogP contribution in [0, 0.1) is 10.6 Å². The molecule has 0 unspecified atom stereocenters. The first-order valence-electron chi connectivity index (χ1n) is 10.9. The first-order chi connectivity index (χ1) is 15.1. The van der Waals surface area contributed by atoms with Gasteiger partial charge in [-0.25, -0.2) is 9.07 Å². The number of aromatic amines is 1. The number of likely N-dealkylation sites (tertiary alicyclic amines) is 1. The lowest BCUT2D eigenvalue weighted by Crippen LogP contribution is -2.38. The zero-order valence-corrected chi connectivity index (χ0v) is 18.2. The van der Waals surface area contributed by atoms with Gasteiger partial charge in [0.25, 0.3) is 5.91 Å². The topological polar surface area (TPSA) is 71.7 Å². The maximum atomic E-state index is 13.3. The van der Waals surface area contributed by atoms with Gasteiger partial charge in [-0.05, 0) is 68.6 Å². The molecule has 2 aliphatic rings. The number of rotatable bonds is 5. The molecule has 1 aliphatic heterocycles. The van der Waals surface area contributed by atoms with Crippen molar-refractivity contribution >= 4 is 18.1 Å². The van der Waals surface area contributed by atoms with Gasteiger partial charge < -0.3 is 9.47 Å². The van der Waals surface area contributed by atoms with Crippen LogP contribution < -0.4 is 0 Å². The van der Waals surface area contributed by atoms with E-state index in [1.807, 2.05) is 11.8 Å². The van der Waals surface area contributed by atoms with Crippen molar-refractivity contribution in [3.8, 4) is 5.69 Å². The number of nitrogens with zero attached hydrogens (tertiary/aromatic N) is 5. The minimum absolute atomic E-state index is 0.00437. The second kappa shape index (κ2) is 8.03. The van der Waals surface area contributed by atoms with E-state index in [4.69, 9.17) is 12.2 Å². The zero-order valence-electron chi connectivity index (χ0n) is 17.4. The Hall–Kier alpha value is -2.81. The van der Waals surface area contributed by atoms with Gasteiger partial charge in [-0.3, -0.25) is 9.89 Å². The van der Waals surface area contributed by atoms with Gasteiger partial charge >= 0.3 is 0 Å². The van der Waals surface area contributed by atoms with Crippen molar-refractivity contribution in [2.24, 2.45) is 0 Å². The second-order valence-electron chi connectivity index (χ2n) is 8.30. The summed E-state index contributed by atoms with van der Waals surface area (Å²) >= 11 is 5.41. The molecule has 1 saturated carbocycles. The monoisotopic (exact) mass is 440 g/mol. The highest BCUT2D eigenvalue weighted by Gasteiger charge is 2.33. The van der Waals surface area contributed by atoms with Gasteiger partial charge in [-0.1, -0.05) is 6.92 Å². The number of amides is 1. The molecule has 31 heavy (non-hydrogen) atoms. The number of carbonyl (C=O) groups is 1. The van der Waals surface area contributed by atoms with E-state index >= 15 is 0 Å². The van der Waals surface area contributed by atoms with Crippen LogP contribution in [0.15, 0.2) is 30.5 Å². The molecule has 1 N–H and O–H groups in total. The molecule has 1 aliphatic carbocycles. The smallest absolute Gasteiger partial charge is 0.257 e. The average molecular weight is 441 g/mol. The quantitative estimate of drug-likeness (QED) is 0.604. The van der Waals surface area contributed by atoms with Crippen molar-refractivity contribution in [1.82, 2.24) is 29.4 Å². The summed E-state index contributed by atoms with van der Waals surface area (Å²) < 4.78 is 17.9. The van der Waals surface area contributed by atoms with Crippen LogP contribution in [-0.2, 0) is 6.42 Å². The van der Waals surface area contributed by atoms with Crippen molar-refractivity contribution < 1.29 is 9.18 Å². The lowest BCUT2D eigenvalue weighted by molar-refractivity contribution is 0.0709. The Kier molecular flexibility index (Phi) is 5.21. The molecule has 1 amide bonds. The molecule has 162 valence electrons. The first-order valence-corrected chi connectivity index (χ1v) is 11.3. The fraction of sp³-hybridized carbons (Fsp3) is 0.455. The molecular weight excluding hydrogens is 415 g/mol. The fourth-order valence-electron chi connectivity index (χ4n) is 4.50. The lowest BCUT2D eigenvalue weighted by Gasteiger charge is -2.31. The highest BCUT2D eigenvalue weighted by atomic mass is 32.1. The Bertz CT molecular complexity index is 1150. The van der Waals surface area contributed by atoms with Crippen LogP contribution in [0.25, 0.3) is 5.69 Å². The Morgan fingerprint density at radius 1 is 1.19 bits per heavy atom. The number of piperidine rings is 1. The van der Waals surface area contributed by atoms with Crippen molar-refractivity contribution in [2.75, 3.05) is 13.1 Å². The van der Waals surface area contributed by atoms with Crippen molar-refractivity contribution in [1.29, 1.82) is 0 Å². The second-order valence-corrected chi connectivity index (χ2v) is 8.69. The summed E-state index contributed by atoms with van der Waals surface area (Å²) in [6.07, 6.45) is 6.35. The van der Waals surface area contributed by atoms with E-state index in [1.165, 1.54) is 12.1 Å². The van der Waals surface area contributed by atoms with Crippen molar-refractivity contribution in [3.63, 3.8) is 0 Å². The van der Waals surface area contributed by atoms with Gasteiger partial charge in [0, 0.05) is 25.0 Å². The number of aromatic nitrogens is 5. The molecule has 1 aromatic carbocycles. The molecular formula is C22H25FN6OS. The van der Waals surface area contributed by atoms with E-state index in [9.17, 15) is 9.18 Å². The summed E-state index contributed by atoms with van der Waals surface area (Å²) in [6.45, 7) is 3.36. The van der Waals surface area contributed by atoms with Crippen LogP contribution in [0.2, 0.25) is 0 Å². The van der Waals surface area contributed by atoms with Crippen LogP contribution in [-0.4, -0.2) is 48.4 Å². The number of nitrogens with one attached hydrogen (secondary N) is 1. The molecule has 0 bridgehead atoms. The summed E-state index contributed by atoms with van der Waals surface area (Å²) in [4.78, 5) is 15.2. The number of H-pyrrole nitrogens is 1. The molecule has 3 aromatic rings. The molecule has 3 heterocycles. The largest absolute Gasteiger partial charge is 0.338 e. The molecule has 0 atom stereocenters. The average Bonchev–Trinajstić information content (AvgIpc) is 3.41. The fourth-order valence-corrected chi connectivity index (χ4v) is 4.79. The molecule has 5 rings (SSSR count). The van der Waals surface area contributed by atoms with Crippen LogP contribution >= 0.6 is 12.2 Å². The van der Waals surface area contributed by atoms with Crippen LogP contribution in [0.3, 0.4) is 0 Å². The molecule has 1 saturated heterocycles. The van der Waals surface area contributed by atoms with E-state index < -0.39 is 0 Å². The number of benzene rings is 1. The number of hydrogen-bond acceptors (Lipinski definition) is 4. The van der Waals surface area contributed by atoms with Gasteiger partial charge in [-0.15, -0.1) is 0 Å². The SMILES string of the molecule is CCc1c(C(=O)N2CCC(c3n[nH]c(=S)n3C3CC3)CC2)cnn1-c1ccc(F)cc1. The van der Waals surface area contributed by atoms with Crippen molar-refractivity contribution in [3.05, 3.63) is 58.1 Å².